The van der Waals surface area contributed by atoms with Crippen LogP contribution in [0.15, 0.2) is 24.3 Å². The number of halogens is 1. The maximum atomic E-state index is 13.9. The summed E-state index contributed by atoms with van der Waals surface area (Å²) in [6, 6.07) is 6.60. The number of aromatic nitrogens is 3. The van der Waals surface area contributed by atoms with Crippen molar-refractivity contribution in [1.82, 2.24) is 24.8 Å². The first-order chi connectivity index (χ1) is 18.8. The molecule has 2 aromatic heterocycles. The maximum absolute atomic E-state index is 13.9. The number of rotatable bonds is 1. The number of carbonyl (C=O) groups is 2. The van der Waals surface area contributed by atoms with Gasteiger partial charge in [0.1, 0.15) is 17.4 Å². The van der Waals surface area contributed by atoms with Crippen molar-refractivity contribution in [2.24, 2.45) is 0 Å². The fourth-order valence-corrected chi connectivity index (χ4v) is 5.89. The third-order valence-corrected chi connectivity index (χ3v) is 7.97. The number of aliphatic hydroxyl groups is 1. The Balaban J connectivity index is 1.49. The van der Waals surface area contributed by atoms with E-state index in [1.165, 1.54) is 0 Å². The third-order valence-electron chi connectivity index (χ3n) is 7.73. The number of likely N-dealkylation sites (N-methyl/N-ethyl adjacent to an activating group) is 1. The zero-order valence-corrected chi connectivity index (χ0v) is 22.8. The Morgan fingerprint density at radius 2 is 1.97 bits per heavy atom. The Bertz CT molecular complexity index is 1440. The molecule has 1 atom stereocenters. The number of ether oxygens (including phenoxy) is 1. The SMILES string of the molecule is Cc1c(N2CC(O)C2)nc2cc3nn2c1N(C)CCNC(=O)COc1ccc(Cl)cc1C(=O)N1CCCCC31. The summed E-state index contributed by atoms with van der Waals surface area (Å²) in [7, 11) is 1.96. The molecule has 0 saturated carbocycles. The normalized spacial score (nSPS) is 20.9. The lowest BCUT2D eigenvalue weighted by Crippen LogP contribution is -2.51. The van der Waals surface area contributed by atoms with Crippen LogP contribution in [0.3, 0.4) is 0 Å². The van der Waals surface area contributed by atoms with Crippen molar-refractivity contribution < 1.29 is 19.4 Å². The molecule has 1 unspecified atom stereocenters. The van der Waals surface area contributed by atoms with Gasteiger partial charge in [-0.15, -0.1) is 0 Å². The van der Waals surface area contributed by atoms with Gasteiger partial charge in [0.25, 0.3) is 11.8 Å². The van der Waals surface area contributed by atoms with Crippen LogP contribution >= 0.6 is 11.6 Å². The Morgan fingerprint density at radius 3 is 2.77 bits per heavy atom. The average molecular weight is 554 g/mol. The lowest BCUT2D eigenvalue weighted by molar-refractivity contribution is -0.123. The molecule has 39 heavy (non-hydrogen) atoms. The van der Waals surface area contributed by atoms with E-state index in [1.807, 2.05) is 29.5 Å². The number of aliphatic hydroxyl groups excluding tert-OH is 1. The number of nitrogens with zero attached hydrogens (tertiary/aromatic N) is 6. The van der Waals surface area contributed by atoms with Gasteiger partial charge in [0.15, 0.2) is 12.3 Å². The number of benzene rings is 1. The van der Waals surface area contributed by atoms with Crippen molar-refractivity contribution >= 4 is 40.7 Å². The van der Waals surface area contributed by atoms with Gasteiger partial charge in [0.2, 0.25) is 0 Å². The van der Waals surface area contributed by atoms with E-state index in [-0.39, 0.29) is 30.6 Å². The summed E-state index contributed by atoms with van der Waals surface area (Å²) in [5.74, 6) is 1.48. The highest BCUT2D eigenvalue weighted by Gasteiger charge is 2.34. The Morgan fingerprint density at radius 1 is 1.15 bits per heavy atom. The van der Waals surface area contributed by atoms with Crippen molar-refractivity contribution in [2.75, 3.05) is 56.2 Å². The molecule has 3 aliphatic heterocycles. The lowest BCUT2D eigenvalue weighted by Gasteiger charge is -2.38. The summed E-state index contributed by atoms with van der Waals surface area (Å²) < 4.78 is 7.65. The first kappa shape index (κ1) is 25.7. The average Bonchev–Trinajstić information content (AvgIpc) is 3.32. The molecular weight excluding hydrogens is 522 g/mol. The van der Waals surface area contributed by atoms with Crippen molar-refractivity contribution in [3.63, 3.8) is 0 Å². The number of nitrogens with one attached hydrogen (secondary N) is 1. The lowest BCUT2D eigenvalue weighted by atomic mass is 9.98. The minimum atomic E-state index is -0.367. The van der Waals surface area contributed by atoms with Gasteiger partial charge in [0.05, 0.1) is 23.4 Å². The van der Waals surface area contributed by atoms with Crippen molar-refractivity contribution in [2.45, 2.75) is 38.3 Å². The second kappa shape index (κ2) is 10.2. The molecule has 206 valence electrons. The predicted molar refractivity (Wildman–Crippen MR) is 147 cm³/mol. The quantitative estimate of drug-likeness (QED) is 0.471. The Hall–Kier alpha value is -3.57. The van der Waals surface area contributed by atoms with Gasteiger partial charge in [-0.25, -0.2) is 4.98 Å². The molecule has 2 fully saturated rings. The summed E-state index contributed by atoms with van der Waals surface area (Å²) in [4.78, 5) is 37.4. The summed E-state index contributed by atoms with van der Waals surface area (Å²) in [6.07, 6.45) is 2.25. The zero-order valence-electron chi connectivity index (χ0n) is 22.1. The number of β-amino-alcohol motifs (C(OH)–C–C–N with tert-alkyl or cyclic N) is 1. The standard InChI is InChI=1S/C27H32ClN7O4/c1-16-25(33-13-18(36)14-33)30-23-12-20-21-5-3-4-9-34(21)27(38)19-11-17(28)6-7-22(19)39-15-24(37)29-8-10-32(2)26(16)35(23)31-20/h6-7,11-12,18,21,36H,3-5,8-10,13-15H2,1-2H3,(H,29,37). The summed E-state index contributed by atoms with van der Waals surface area (Å²) in [6.45, 7) is 4.32. The van der Waals surface area contributed by atoms with Crippen LogP contribution in [0.25, 0.3) is 5.65 Å². The van der Waals surface area contributed by atoms with Crippen LogP contribution in [-0.4, -0.2) is 88.9 Å². The van der Waals surface area contributed by atoms with Gasteiger partial charge in [-0.2, -0.15) is 9.61 Å². The molecule has 11 nitrogen and oxygen atoms in total. The molecule has 3 aliphatic rings. The smallest absolute Gasteiger partial charge is 0.258 e. The minimum absolute atomic E-state index is 0.210. The first-order valence-electron chi connectivity index (χ1n) is 13.3. The third kappa shape index (κ3) is 4.74. The van der Waals surface area contributed by atoms with E-state index in [1.54, 1.807) is 18.2 Å². The number of anilines is 2. The monoisotopic (exact) mass is 553 g/mol. The van der Waals surface area contributed by atoms with Gasteiger partial charge < -0.3 is 29.9 Å². The molecular formula is C27H32ClN7O4. The van der Waals surface area contributed by atoms with Crippen LogP contribution in [0.1, 0.15) is 46.9 Å². The molecule has 0 aliphatic carbocycles. The molecule has 6 rings (SSSR count). The van der Waals surface area contributed by atoms with Crippen molar-refractivity contribution in [1.29, 1.82) is 0 Å². The maximum Gasteiger partial charge on any atom is 0.258 e. The zero-order chi connectivity index (χ0) is 27.3. The molecule has 2 saturated heterocycles. The molecule has 2 bridgehead atoms. The van der Waals surface area contributed by atoms with E-state index in [0.29, 0.717) is 54.7 Å². The highest BCUT2D eigenvalue weighted by Crippen LogP contribution is 2.37. The highest BCUT2D eigenvalue weighted by atomic mass is 35.5. The molecule has 2 amide bonds. The summed E-state index contributed by atoms with van der Waals surface area (Å²) >= 11 is 6.28. The van der Waals surface area contributed by atoms with Crippen molar-refractivity contribution in [3.05, 3.63) is 46.1 Å². The van der Waals surface area contributed by atoms with Crippen molar-refractivity contribution in [3.8, 4) is 5.75 Å². The first-order valence-corrected chi connectivity index (χ1v) is 13.7. The Labute approximate surface area is 231 Å². The van der Waals surface area contributed by atoms with E-state index < -0.39 is 0 Å². The molecule has 0 spiro atoms. The van der Waals surface area contributed by atoms with Gasteiger partial charge in [-0.05, 0) is 44.4 Å². The van der Waals surface area contributed by atoms with Gasteiger partial charge in [0, 0.05) is 56.4 Å². The number of carbonyl (C=O) groups excluding carboxylic acids is 2. The number of hydrogen-bond donors (Lipinski definition) is 2. The van der Waals surface area contributed by atoms with E-state index in [9.17, 15) is 14.7 Å². The van der Waals surface area contributed by atoms with Crippen LogP contribution in [-0.2, 0) is 4.79 Å². The molecule has 3 aromatic rings. The fraction of sp³-hybridized carbons (Fsp3) is 0.481. The number of hydrogen-bond acceptors (Lipinski definition) is 8. The van der Waals surface area contributed by atoms with Crippen LogP contribution < -0.4 is 19.9 Å². The molecule has 12 heteroatoms. The molecule has 0 radical (unpaired) electrons. The van der Waals surface area contributed by atoms with Crippen LogP contribution in [0, 0.1) is 6.92 Å². The van der Waals surface area contributed by atoms with Crippen LogP contribution in [0.5, 0.6) is 5.75 Å². The van der Waals surface area contributed by atoms with E-state index in [0.717, 1.165) is 42.2 Å². The molecule has 5 heterocycles. The van der Waals surface area contributed by atoms with Crippen LogP contribution in [0.2, 0.25) is 5.02 Å². The Kier molecular flexibility index (Phi) is 6.72. The van der Waals surface area contributed by atoms with Gasteiger partial charge in [-0.1, -0.05) is 11.6 Å². The van der Waals surface area contributed by atoms with E-state index >= 15 is 0 Å². The second-order valence-corrected chi connectivity index (χ2v) is 10.9. The minimum Gasteiger partial charge on any atom is -0.483 e. The number of amides is 2. The van der Waals surface area contributed by atoms with E-state index in [4.69, 9.17) is 26.4 Å². The second-order valence-electron chi connectivity index (χ2n) is 10.5. The predicted octanol–water partition coefficient (Wildman–Crippen LogP) is 2.18. The largest absolute Gasteiger partial charge is 0.483 e. The topological polar surface area (TPSA) is 116 Å². The van der Waals surface area contributed by atoms with Gasteiger partial charge in [-0.3, -0.25) is 9.59 Å². The molecule has 2 N–H and O–H groups in total. The number of fused-ring (bicyclic) bond motifs is 4. The summed E-state index contributed by atoms with van der Waals surface area (Å²) in [5.41, 5.74) is 2.70. The summed E-state index contributed by atoms with van der Waals surface area (Å²) in [5, 5.41) is 18.3. The molecule has 1 aromatic carbocycles. The number of piperidine rings is 1. The van der Waals surface area contributed by atoms with Gasteiger partial charge >= 0.3 is 0 Å². The fourth-order valence-electron chi connectivity index (χ4n) is 5.72. The van der Waals surface area contributed by atoms with Crippen LogP contribution in [0.4, 0.5) is 11.6 Å². The highest BCUT2D eigenvalue weighted by molar-refractivity contribution is 6.31. The van der Waals surface area contributed by atoms with E-state index in [2.05, 4.69) is 15.1 Å².